The number of carbonyl (C=O) groups is 6. The molecule has 3 fully saturated rings. The van der Waals surface area contributed by atoms with E-state index in [4.69, 9.17) is 9.47 Å². The smallest absolute Gasteiger partial charge is 0.344 e. The molecule has 15 nitrogen and oxygen atoms in total. The summed E-state index contributed by atoms with van der Waals surface area (Å²) in [6.45, 7) is 7.45. The van der Waals surface area contributed by atoms with Crippen molar-refractivity contribution in [3.63, 3.8) is 0 Å². The Bertz CT molecular complexity index is 1420. The molecular formula is C43H65N3O12-4. The molecule has 0 spiro atoms. The van der Waals surface area contributed by atoms with E-state index in [0.717, 1.165) is 40.4 Å². The van der Waals surface area contributed by atoms with Gasteiger partial charge < -0.3 is 49.1 Å². The summed E-state index contributed by atoms with van der Waals surface area (Å²) in [5.41, 5.74) is 0.496. The standard InChI is InChI=1S/C43H69N3O12/c1-28(2)7-6-8-29(3)33-11-12-34-32-10-9-30-21-31(13-15-42(30,4)35(32)14-16-43(33,34)5)58-41(56)27-57-40(55)26-44(17-19-45(22-36(47)48)23-37(49)50)18-20-46(24-38(51)52)25-39(53)54/h9-10,28-35H,6-8,11-27H2,1-5H3,(H,47,48)(H,49,50)(H,51,52)(H,53,54)/p-4. The molecule has 15 heteroatoms. The number of carboxylic acid groups (broad SMARTS) is 4. The van der Waals surface area contributed by atoms with Crippen molar-refractivity contribution >= 4 is 35.8 Å². The molecule has 9 atom stereocenters. The lowest BCUT2D eigenvalue weighted by Gasteiger charge is -2.59. The lowest BCUT2D eigenvalue weighted by molar-refractivity contribution is -0.312. The SMILES string of the molecule is CC(C)CCCC(C)C1CCC2C3C=CC4CC(OC(=O)COC(=O)CN(CCN(CC(=O)[O-])CC(=O)[O-])CCN(CC(=O)[O-])CC(=O)[O-])CCC4(C)C3CCC12C. The van der Waals surface area contributed by atoms with E-state index in [1.54, 1.807) is 0 Å². The lowest BCUT2D eigenvalue weighted by atomic mass is 9.46. The molecule has 0 bridgehead atoms. The molecule has 0 aromatic heterocycles. The van der Waals surface area contributed by atoms with Crippen LogP contribution in [-0.2, 0) is 38.2 Å². The number of allylic oxidation sites excluding steroid dienone is 2. The van der Waals surface area contributed by atoms with Crippen LogP contribution in [0.2, 0.25) is 0 Å². The zero-order chi connectivity index (χ0) is 42.8. The molecule has 3 saturated carbocycles. The highest BCUT2D eigenvalue weighted by Crippen LogP contribution is 2.67. The Morgan fingerprint density at radius 3 is 1.74 bits per heavy atom. The fourth-order valence-corrected chi connectivity index (χ4v) is 11.3. The average Bonchev–Trinajstić information content (AvgIpc) is 3.48. The predicted octanol–water partition coefficient (Wildman–Crippen LogP) is -0.756. The van der Waals surface area contributed by atoms with E-state index < -0.39 is 75.1 Å². The highest BCUT2D eigenvalue weighted by atomic mass is 16.6. The Kier molecular flexibility index (Phi) is 17.1. The van der Waals surface area contributed by atoms with Crippen LogP contribution < -0.4 is 20.4 Å². The van der Waals surface area contributed by atoms with Crippen molar-refractivity contribution in [2.24, 2.45) is 52.3 Å². The minimum atomic E-state index is -1.54. The van der Waals surface area contributed by atoms with Gasteiger partial charge in [-0.3, -0.25) is 19.5 Å². The molecular weight excluding hydrogens is 750 g/mol. The van der Waals surface area contributed by atoms with Gasteiger partial charge >= 0.3 is 11.9 Å². The zero-order valence-electron chi connectivity index (χ0n) is 35.2. The van der Waals surface area contributed by atoms with E-state index in [1.807, 2.05) is 0 Å². The summed E-state index contributed by atoms with van der Waals surface area (Å²) in [5.74, 6) is -3.29. The van der Waals surface area contributed by atoms with Gasteiger partial charge in [-0.25, -0.2) is 4.79 Å². The molecule has 0 aromatic rings. The van der Waals surface area contributed by atoms with Crippen LogP contribution in [0, 0.1) is 52.3 Å². The lowest BCUT2D eigenvalue weighted by Crippen LogP contribution is -2.52. The predicted molar refractivity (Wildman–Crippen MR) is 203 cm³/mol. The topological polar surface area (TPSA) is 223 Å². The number of rotatable bonds is 24. The van der Waals surface area contributed by atoms with E-state index in [1.165, 1.54) is 49.8 Å². The van der Waals surface area contributed by atoms with E-state index in [0.29, 0.717) is 29.6 Å². The number of esters is 2. The molecule has 0 N–H and O–H groups in total. The number of nitrogens with zero attached hydrogens (tertiary/aromatic N) is 3. The fourth-order valence-electron chi connectivity index (χ4n) is 11.3. The number of carbonyl (C=O) groups excluding carboxylic acids is 6. The molecule has 9 unspecified atom stereocenters. The van der Waals surface area contributed by atoms with E-state index >= 15 is 0 Å². The summed E-state index contributed by atoms with van der Waals surface area (Å²) < 4.78 is 11.1. The maximum atomic E-state index is 13.0. The summed E-state index contributed by atoms with van der Waals surface area (Å²) in [5, 5.41) is 44.6. The van der Waals surface area contributed by atoms with Gasteiger partial charge in [0, 0.05) is 52.4 Å². The highest BCUT2D eigenvalue weighted by molar-refractivity contribution is 5.77. The molecule has 0 aromatic carbocycles. The maximum absolute atomic E-state index is 13.0. The summed E-state index contributed by atoms with van der Waals surface area (Å²) >= 11 is 0. The zero-order valence-corrected chi connectivity index (χ0v) is 35.2. The molecule has 4 aliphatic carbocycles. The first-order valence-corrected chi connectivity index (χ1v) is 21.3. The molecule has 0 aliphatic heterocycles. The second-order valence-electron chi connectivity index (χ2n) is 18.6. The Labute approximate surface area is 343 Å². The van der Waals surface area contributed by atoms with E-state index in [-0.39, 0.29) is 43.6 Å². The number of aliphatic carboxylic acids is 4. The molecule has 0 heterocycles. The van der Waals surface area contributed by atoms with Gasteiger partial charge in [0.1, 0.15) is 6.10 Å². The summed E-state index contributed by atoms with van der Waals surface area (Å²) in [6, 6.07) is 0. The first kappa shape index (κ1) is 47.1. The molecule has 0 radical (unpaired) electrons. The van der Waals surface area contributed by atoms with Crippen molar-refractivity contribution < 1.29 is 58.7 Å². The second kappa shape index (κ2) is 21.1. The van der Waals surface area contributed by atoms with Gasteiger partial charge in [0.05, 0.1) is 30.4 Å². The number of hydrogen-bond acceptors (Lipinski definition) is 15. The molecule has 58 heavy (non-hydrogen) atoms. The van der Waals surface area contributed by atoms with Crippen molar-refractivity contribution in [3.8, 4) is 0 Å². The largest absolute Gasteiger partial charge is 0.549 e. The third-order valence-corrected chi connectivity index (χ3v) is 14.2. The van der Waals surface area contributed by atoms with Crippen LogP contribution >= 0.6 is 0 Å². The number of ether oxygens (including phenoxy) is 2. The Balaban J connectivity index is 1.30. The summed E-state index contributed by atoms with van der Waals surface area (Å²) in [6.07, 6.45) is 16.0. The quantitative estimate of drug-likeness (QED) is 0.0864. The molecule has 4 aliphatic rings. The number of carboxylic acids is 4. The molecule has 0 amide bonds. The third-order valence-electron chi connectivity index (χ3n) is 14.2. The average molecular weight is 816 g/mol. The van der Waals surface area contributed by atoms with Gasteiger partial charge in [-0.05, 0) is 97.2 Å². The first-order valence-electron chi connectivity index (χ1n) is 21.3. The van der Waals surface area contributed by atoms with Crippen LogP contribution in [-0.4, -0.2) is 122 Å². The normalized spacial score (nSPS) is 29.5. The summed E-state index contributed by atoms with van der Waals surface area (Å²) in [4.78, 5) is 73.9. The molecule has 328 valence electrons. The highest BCUT2D eigenvalue weighted by Gasteiger charge is 2.59. The van der Waals surface area contributed by atoms with Gasteiger partial charge in [0.2, 0.25) is 0 Å². The Hall–Kier alpha value is -3.56. The maximum Gasteiger partial charge on any atom is 0.344 e. The van der Waals surface area contributed by atoms with Crippen molar-refractivity contribution in [1.29, 1.82) is 0 Å². The van der Waals surface area contributed by atoms with Crippen molar-refractivity contribution in [3.05, 3.63) is 12.2 Å². The van der Waals surface area contributed by atoms with Crippen molar-refractivity contribution in [1.82, 2.24) is 14.7 Å². The van der Waals surface area contributed by atoms with Crippen LogP contribution in [0.15, 0.2) is 12.2 Å². The number of fused-ring (bicyclic) bond motifs is 5. The van der Waals surface area contributed by atoms with E-state index in [2.05, 4.69) is 46.8 Å². The van der Waals surface area contributed by atoms with Crippen LogP contribution in [0.4, 0.5) is 0 Å². The van der Waals surface area contributed by atoms with Crippen LogP contribution in [0.3, 0.4) is 0 Å². The Morgan fingerprint density at radius 2 is 1.19 bits per heavy atom. The summed E-state index contributed by atoms with van der Waals surface area (Å²) in [7, 11) is 0. The minimum absolute atomic E-state index is 0.111. The fraction of sp³-hybridized carbons (Fsp3) is 0.814. The number of hydrogen-bond donors (Lipinski definition) is 0. The van der Waals surface area contributed by atoms with Crippen LogP contribution in [0.1, 0.15) is 98.8 Å². The second-order valence-corrected chi connectivity index (χ2v) is 18.6. The van der Waals surface area contributed by atoms with Gasteiger partial charge in [0.25, 0.3) is 0 Å². The van der Waals surface area contributed by atoms with Crippen molar-refractivity contribution in [2.75, 3.05) is 65.5 Å². The molecule has 0 saturated heterocycles. The molecule has 4 rings (SSSR count). The Morgan fingerprint density at radius 1 is 0.655 bits per heavy atom. The van der Waals surface area contributed by atoms with Gasteiger partial charge in [-0.1, -0.05) is 66.0 Å². The van der Waals surface area contributed by atoms with Crippen LogP contribution in [0.5, 0.6) is 0 Å². The van der Waals surface area contributed by atoms with Crippen LogP contribution in [0.25, 0.3) is 0 Å². The van der Waals surface area contributed by atoms with E-state index in [9.17, 15) is 49.2 Å². The van der Waals surface area contributed by atoms with Gasteiger partial charge in [0.15, 0.2) is 6.61 Å². The van der Waals surface area contributed by atoms with Crippen molar-refractivity contribution in [2.45, 2.75) is 105 Å². The first-order chi connectivity index (χ1) is 27.3. The van der Waals surface area contributed by atoms with Gasteiger partial charge in [-0.2, -0.15) is 0 Å². The third kappa shape index (κ3) is 13.0. The minimum Gasteiger partial charge on any atom is -0.549 e. The van der Waals surface area contributed by atoms with Gasteiger partial charge in [-0.15, -0.1) is 0 Å². The monoisotopic (exact) mass is 815 g/mol.